The van der Waals surface area contributed by atoms with Crippen LogP contribution < -0.4 is 44.2 Å². The van der Waals surface area contributed by atoms with Gasteiger partial charge in [-0.1, -0.05) is 0 Å². The molecule has 0 saturated heterocycles. The molecule has 1 aromatic carbocycles. The number of rotatable bonds is 6. The van der Waals surface area contributed by atoms with E-state index < -0.39 is 25.8 Å². The van der Waals surface area contributed by atoms with Crippen molar-refractivity contribution in [1.82, 2.24) is 0 Å². The van der Waals surface area contributed by atoms with Crippen molar-refractivity contribution in [1.29, 1.82) is 0 Å². The van der Waals surface area contributed by atoms with Gasteiger partial charge in [-0.2, -0.15) is 18.2 Å². The van der Waals surface area contributed by atoms with Crippen LogP contribution in [0.2, 0.25) is 0 Å². The minimum Gasteiger partial charge on any atom is -0.786 e. The van der Waals surface area contributed by atoms with Crippen molar-refractivity contribution < 1.29 is 88.2 Å². The summed E-state index contributed by atoms with van der Waals surface area (Å²) in [6, 6.07) is 10.0. The van der Waals surface area contributed by atoms with Crippen molar-refractivity contribution in [3.05, 3.63) is 30.3 Å². The van der Waals surface area contributed by atoms with Crippen molar-refractivity contribution in [2.24, 2.45) is 0 Å². The van der Waals surface area contributed by atoms with Gasteiger partial charge in [0, 0.05) is 42.7 Å². The zero-order valence-corrected chi connectivity index (χ0v) is 21.0. The van der Waals surface area contributed by atoms with E-state index in [1.165, 1.54) is 42.7 Å². The Kier molecular flexibility index (Phi) is 50.1. The minimum absolute atomic E-state index is 0. The van der Waals surface area contributed by atoms with E-state index in [1.54, 1.807) is 0 Å². The summed E-state index contributed by atoms with van der Waals surface area (Å²) in [5.74, 6) is 0. The van der Waals surface area contributed by atoms with Crippen molar-refractivity contribution in [2.75, 3.05) is 42.7 Å². The molecule has 0 aliphatic rings. The zero-order chi connectivity index (χ0) is 18.5. The average molecular weight is 474 g/mol. The predicted octanol–water partition coefficient (Wildman–Crippen LogP) is -1.99. The Morgan fingerprint density at radius 3 is 0.840 bits per heavy atom. The van der Waals surface area contributed by atoms with Gasteiger partial charge in [0.25, 0.3) is 0 Å². The van der Waals surface area contributed by atoms with E-state index in [-0.39, 0.29) is 46.3 Å². The first-order valence-corrected chi connectivity index (χ1v) is 9.05. The number of hydrogen-bond acceptors (Lipinski definition) is 9. The fraction of sp³-hybridized carbons (Fsp3) is 0.545. The van der Waals surface area contributed by atoms with E-state index >= 15 is 0 Å². The third kappa shape index (κ3) is 41.3. The summed E-state index contributed by atoms with van der Waals surface area (Å²) < 4.78 is 25.1. The molecular weight excluding hydrogens is 451 g/mol. The van der Waals surface area contributed by atoms with Gasteiger partial charge in [-0.05, 0) is 0 Å². The van der Waals surface area contributed by atoms with E-state index in [2.05, 4.69) is 27.1 Å². The van der Waals surface area contributed by atoms with Crippen LogP contribution in [0.4, 0.5) is 0 Å². The third-order valence-corrected chi connectivity index (χ3v) is 3.24. The fourth-order valence-electron chi connectivity index (χ4n) is 0.544. The quantitative estimate of drug-likeness (QED) is 0.262. The van der Waals surface area contributed by atoms with Crippen molar-refractivity contribution >= 4 is 25.8 Å². The molecule has 0 aliphatic carbocycles. The standard InChI is InChI=1S/C5H5.3C2H6O3P.Co.Na/c1-2-4-5-3-1;3*1-4-6(3)5-2;;/h1-5H;3*1-2H3;;/q4*-1;+3;+1. The van der Waals surface area contributed by atoms with Crippen LogP contribution in [0.15, 0.2) is 30.3 Å². The van der Waals surface area contributed by atoms with Crippen molar-refractivity contribution in [3.8, 4) is 0 Å². The van der Waals surface area contributed by atoms with Gasteiger partial charge in [-0.15, -0.1) is 0 Å². The van der Waals surface area contributed by atoms with Gasteiger partial charge in [0.05, 0.1) is 25.8 Å². The summed E-state index contributed by atoms with van der Waals surface area (Å²) >= 11 is 0. The zero-order valence-electron chi connectivity index (χ0n) is 15.2. The van der Waals surface area contributed by atoms with Gasteiger partial charge < -0.3 is 41.8 Å². The molecule has 0 aliphatic heterocycles. The fourth-order valence-corrected chi connectivity index (χ4v) is 0.992. The predicted molar refractivity (Wildman–Crippen MR) is 84.8 cm³/mol. The van der Waals surface area contributed by atoms with Crippen LogP contribution >= 0.6 is 25.8 Å². The third-order valence-electron chi connectivity index (χ3n) is 1.45. The molecule has 0 amide bonds. The Labute approximate surface area is 186 Å². The van der Waals surface area contributed by atoms with Crippen molar-refractivity contribution in [2.45, 2.75) is 0 Å². The molecule has 0 fully saturated rings. The molecule has 0 N–H and O–H groups in total. The van der Waals surface area contributed by atoms with Crippen LogP contribution in [0.25, 0.3) is 0 Å². The van der Waals surface area contributed by atoms with Crippen LogP contribution in [0.5, 0.6) is 0 Å². The first-order chi connectivity index (χ1) is 10.9. The monoisotopic (exact) mass is 474 g/mol. The van der Waals surface area contributed by atoms with Gasteiger partial charge >= 0.3 is 46.3 Å². The van der Waals surface area contributed by atoms with E-state index in [9.17, 15) is 14.7 Å². The first kappa shape index (κ1) is 37.5. The Morgan fingerprint density at radius 1 is 0.600 bits per heavy atom. The van der Waals surface area contributed by atoms with Gasteiger partial charge in [0.15, 0.2) is 0 Å². The molecule has 9 nitrogen and oxygen atoms in total. The Morgan fingerprint density at radius 2 is 0.800 bits per heavy atom. The van der Waals surface area contributed by atoms with E-state index in [1.807, 2.05) is 30.3 Å². The van der Waals surface area contributed by atoms with Crippen LogP contribution in [0, 0.1) is 0 Å². The van der Waals surface area contributed by atoms with Crippen LogP contribution in [0.1, 0.15) is 0 Å². The average Bonchev–Trinajstić information content (AvgIpc) is 3.20. The largest absolute Gasteiger partial charge is 3.00 e. The summed E-state index contributed by atoms with van der Waals surface area (Å²) in [5, 5.41) is 0. The Hall–Kier alpha value is 1.79. The molecular formula is C11H23CoNaO9P3. The molecule has 0 unspecified atom stereocenters. The second-order valence-electron chi connectivity index (χ2n) is 2.73. The van der Waals surface area contributed by atoms with Gasteiger partial charge in [0.1, 0.15) is 0 Å². The molecule has 0 saturated carbocycles. The molecule has 0 heterocycles. The number of hydrogen-bond donors (Lipinski definition) is 0. The molecule has 1 aromatic rings. The molecule has 0 spiro atoms. The molecule has 0 aromatic heterocycles. The van der Waals surface area contributed by atoms with Gasteiger partial charge in [-0.25, -0.2) is 12.1 Å². The SMILES string of the molecule is COP([O-])OC.COP([O-])OC.COP([O-])OC.[Co+3].[Na+].c1cc[cH-]c1. The second kappa shape index (κ2) is 33.4. The second-order valence-corrected chi connectivity index (χ2v) is 6.26. The molecule has 14 heteroatoms. The molecule has 0 bridgehead atoms. The van der Waals surface area contributed by atoms with Gasteiger partial charge in [-0.3, -0.25) is 0 Å². The maximum atomic E-state index is 9.88. The van der Waals surface area contributed by atoms with Crippen molar-refractivity contribution in [3.63, 3.8) is 0 Å². The van der Waals surface area contributed by atoms with Crippen LogP contribution in [0.3, 0.4) is 0 Å². The topological polar surface area (TPSA) is 125 Å². The van der Waals surface area contributed by atoms with E-state index in [0.717, 1.165) is 0 Å². The molecule has 1 rings (SSSR count). The summed E-state index contributed by atoms with van der Waals surface area (Å²) in [4.78, 5) is 29.7. The van der Waals surface area contributed by atoms with E-state index in [4.69, 9.17) is 0 Å². The van der Waals surface area contributed by atoms with Crippen LogP contribution in [-0.4, -0.2) is 42.7 Å². The summed E-state index contributed by atoms with van der Waals surface area (Å²) in [6.45, 7) is 0. The first-order valence-electron chi connectivity index (χ1n) is 5.76. The Bertz CT molecular complexity index is 239. The molecule has 146 valence electrons. The van der Waals surface area contributed by atoms with Crippen LogP contribution in [-0.2, 0) is 43.9 Å². The molecule has 0 radical (unpaired) electrons. The summed E-state index contributed by atoms with van der Waals surface area (Å²) in [6.07, 6.45) is 0. The maximum Gasteiger partial charge on any atom is 3.00 e. The Balaban J connectivity index is -0.0000000693. The van der Waals surface area contributed by atoms with E-state index in [0.29, 0.717) is 0 Å². The summed E-state index contributed by atoms with van der Waals surface area (Å²) in [7, 11) is 2.45. The molecule has 0 atom stereocenters. The van der Waals surface area contributed by atoms with Gasteiger partial charge in [0.2, 0.25) is 0 Å². The smallest absolute Gasteiger partial charge is 0.786 e. The minimum atomic E-state index is -1.83. The molecule has 25 heavy (non-hydrogen) atoms. The summed E-state index contributed by atoms with van der Waals surface area (Å²) in [5.41, 5.74) is 0. The maximum absolute atomic E-state index is 9.88. The normalized spacial score (nSPS) is 8.80.